The zero-order chi connectivity index (χ0) is 14.8. The SMILES string of the molecule is Cc1cc(N([O-])O)ccc1N(C)C(=O)OC(C)(C)C. The summed E-state index contributed by atoms with van der Waals surface area (Å²) in [5.74, 6) is 0. The first kappa shape index (κ1) is 15.3. The second kappa shape index (κ2) is 5.46. The monoisotopic (exact) mass is 267 g/mol. The van der Waals surface area contributed by atoms with E-state index in [-0.39, 0.29) is 10.9 Å². The Kier molecular flexibility index (Phi) is 4.39. The highest BCUT2D eigenvalue weighted by Crippen LogP contribution is 2.25. The molecule has 0 spiro atoms. The van der Waals surface area contributed by atoms with Crippen molar-refractivity contribution in [2.75, 3.05) is 17.2 Å². The Morgan fingerprint density at radius 2 is 1.95 bits per heavy atom. The van der Waals surface area contributed by atoms with Gasteiger partial charge < -0.3 is 15.2 Å². The van der Waals surface area contributed by atoms with Crippen LogP contribution in [0.15, 0.2) is 18.2 Å². The summed E-state index contributed by atoms with van der Waals surface area (Å²) in [6.07, 6.45) is -0.480. The van der Waals surface area contributed by atoms with Crippen LogP contribution in [0.2, 0.25) is 0 Å². The molecule has 1 aromatic carbocycles. The highest BCUT2D eigenvalue weighted by atomic mass is 16.8. The van der Waals surface area contributed by atoms with Crippen molar-refractivity contribution < 1.29 is 14.7 Å². The minimum absolute atomic E-state index is 0.110. The zero-order valence-electron chi connectivity index (χ0n) is 11.8. The Morgan fingerprint density at radius 1 is 1.37 bits per heavy atom. The topological polar surface area (TPSA) is 76.1 Å². The lowest BCUT2D eigenvalue weighted by Gasteiger charge is -2.27. The second-order valence-electron chi connectivity index (χ2n) is 5.28. The Hall–Kier alpha value is -1.79. The molecule has 1 rings (SSSR count). The molecule has 0 bridgehead atoms. The number of carbonyl (C=O) groups excluding carboxylic acids is 1. The minimum atomic E-state index is -0.573. The molecule has 1 N–H and O–H groups in total. The van der Waals surface area contributed by atoms with E-state index < -0.39 is 11.7 Å². The summed E-state index contributed by atoms with van der Waals surface area (Å²) in [6.45, 7) is 7.10. The predicted octanol–water partition coefficient (Wildman–Crippen LogP) is 3.06. The van der Waals surface area contributed by atoms with Gasteiger partial charge in [0.1, 0.15) is 5.60 Å². The number of ether oxygens (including phenoxy) is 1. The highest BCUT2D eigenvalue weighted by Gasteiger charge is 2.21. The summed E-state index contributed by atoms with van der Waals surface area (Å²) in [7, 11) is 1.59. The van der Waals surface area contributed by atoms with E-state index in [0.717, 1.165) is 0 Å². The van der Waals surface area contributed by atoms with E-state index in [1.54, 1.807) is 40.8 Å². The summed E-state index contributed by atoms with van der Waals surface area (Å²) in [5, 5.41) is 19.4. The third kappa shape index (κ3) is 4.11. The van der Waals surface area contributed by atoms with Gasteiger partial charge in [-0.2, -0.15) is 0 Å². The van der Waals surface area contributed by atoms with Crippen LogP contribution in [0.4, 0.5) is 16.2 Å². The lowest BCUT2D eigenvalue weighted by molar-refractivity contribution is 0.0589. The second-order valence-corrected chi connectivity index (χ2v) is 5.28. The Morgan fingerprint density at radius 3 is 2.37 bits per heavy atom. The molecule has 6 nitrogen and oxygen atoms in total. The van der Waals surface area contributed by atoms with Crippen molar-refractivity contribution in [3.63, 3.8) is 0 Å². The van der Waals surface area contributed by atoms with E-state index in [1.807, 2.05) is 0 Å². The van der Waals surface area contributed by atoms with Crippen LogP contribution in [0.1, 0.15) is 26.3 Å². The first-order chi connectivity index (χ1) is 8.61. The molecule has 0 atom stereocenters. The van der Waals surface area contributed by atoms with Crippen LogP contribution < -0.4 is 10.1 Å². The largest absolute Gasteiger partial charge is 0.733 e. The number of hydrogen-bond donors (Lipinski definition) is 1. The third-order valence-corrected chi connectivity index (χ3v) is 2.43. The lowest BCUT2D eigenvalue weighted by atomic mass is 10.1. The number of benzene rings is 1. The average Bonchev–Trinajstić information content (AvgIpc) is 2.25. The molecule has 0 aliphatic rings. The maximum atomic E-state index is 11.9. The molecule has 0 saturated heterocycles. The van der Waals surface area contributed by atoms with Gasteiger partial charge in [-0.05, 0) is 51.5 Å². The standard InChI is InChI=1S/C13H19N2O4/c1-9-8-10(15(17)18)6-7-11(9)14(5)12(16)19-13(2,3)4/h6-8,17H,1-5H3/q-1. The highest BCUT2D eigenvalue weighted by molar-refractivity contribution is 5.88. The van der Waals surface area contributed by atoms with Crippen LogP contribution >= 0.6 is 0 Å². The molecule has 0 radical (unpaired) electrons. The van der Waals surface area contributed by atoms with Gasteiger partial charge in [-0.3, -0.25) is 10.1 Å². The molecule has 1 aromatic rings. The van der Waals surface area contributed by atoms with Gasteiger partial charge in [0.25, 0.3) is 0 Å². The summed E-state index contributed by atoms with van der Waals surface area (Å²) < 4.78 is 5.25. The fourth-order valence-corrected chi connectivity index (χ4v) is 1.56. The molecular formula is C13H19N2O4-. The first-order valence-electron chi connectivity index (χ1n) is 5.85. The molecule has 106 valence electrons. The fraction of sp³-hybridized carbons (Fsp3) is 0.462. The summed E-state index contributed by atoms with van der Waals surface area (Å²) in [4.78, 5) is 13.3. The smallest absolute Gasteiger partial charge is 0.414 e. The van der Waals surface area contributed by atoms with E-state index in [2.05, 4.69) is 0 Å². The van der Waals surface area contributed by atoms with Crippen LogP contribution in [0, 0.1) is 12.1 Å². The quantitative estimate of drug-likeness (QED) is 0.833. The summed E-state index contributed by atoms with van der Waals surface area (Å²) in [5.41, 5.74) is 0.829. The number of hydrogen-bond acceptors (Lipinski definition) is 5. The van der Waals surface area contributed by atoms with E-state index in [4.69, 9.17) is 9.94 Å². The third-order valence-electron chi connectivity index (χ3n) is 2.43. The number of nitrogens with zero attached hydrogens (tertiary/aromatic N) is 2. The van der Waals surface area contributed by atoms with E-state index in [9.17, 15) is 10.0 Å². The first-order valence-corrected chi connectivity index (χ1v) is 5.85. The molecule has 0 saturated carbocycles. The van der Waals surface area contributed by atoms with Crippen molar-refractivity contribution in [3.8, 4) is 0 Å². The molecule has 0 aliphatic heterocycles. The van der Waals surface area contributed by atoms with Crippen molar-refractivity contribution in [3.05, 3.63) is 29.0 Å². The van der Waals surface area contributed by atoms with Gasteiger partial charge in [0, 0.05) is 12.7 Å². The van der Waals surface area contributed by atoms with Gasteiger partial charge in [0.2, 0.25) is 0 Å². The molecule has 6 heteroatoms. The molecule has 0 unspecified atom stereocenters. The molecule has 0 aromatic heterocycles. The van der Waals surface area contributed by atoms with Crippen LogP contribution in [0.25, 0.3) is 0 Å². The number of amides is 1. The normalized spacial score (nSPS) is 11.1. The number of anilines is 2. The molecule has 1 amide bonds. The Bertz CT molecular complexity index is 466. The number of aryl methyl sites for hydroxylation is 1. The van der Waals surface area contributed by atoms with E-state index in [0.29, 0.717) is 11.3 Å². The maximum absolute atomic E-state index is 11.9. The zero-order valence-corrected chi connectivity index (χ0v) is 11.8. The molecule has 0 fully saturated rings. The molecule has 0 heterocycles. The molecule has 19 heavy (non-hydrogen) atoms. The minimum Gasteiger partial charge on any atom is -0.733 e. The van der Waals surface area contributed by atoms with E-state index >= 15 is 0 Å². The Labute approximate surface area is 112 Å². The van der Waals surface area contributed by atoms with Crippen LogP contribution in [-0.4, -0.2) is 23.9 Å². The number of carbonyl (C=O) groups is 1. The molecule has 0 aliphatic carbocycles. The van der Waals surface area contributed by atoms with Crippen LogP contribution in [-0.2, 0) is 4.74 Å². The van der Waals surface area contributed by atoms with Crippen molar-refractivity contribution in [2.24, 2.45) is 0 Å². The fourth-order valence-electron chi connectivity index (χ4n) is 1.56. The Balaban J connectivity index is 2.94. The lowest BCUT2D eigenvalue weighted by Crippen LogP contribution is -2.34. The van der Waals surface area contributed by atoms with Crippen molar-refractivity contribution >= 4 is 17.5 Å². The summed E-state index contributed by atoms with van der Waals surface area (Å²) in [6, 6.07) is 4.50. The van der Waals surface area contributed by atoms with Crippen molar-refractivity contribution in [1.29, 1.82) is 0 Å². The van der Waals surface area contributed by atoms with E-state index in [1.165, 1.54) is 17.0 Å². The van der Waals surface area contributed by atoms with Gasteiger partial charge >= 0.3 is 6.09 Å². The van der Waals surface area contributed by atoms with Gasteiger partial charge in [-0.25, -0.2) is 4.79 Å². The molecular weight excluding hydrogens is 248 g/mol. The van der Waals surface area contributed by atoms with Gasteiger partial charge in [0.15, 0.2) is 0 Å². The van der Waals surface area contributed by atoms with Crippen molar-refractivity contribution in [1.82, 2.24) is 0 Å². The summed E-state index contributed by atoms with van der Waals surface area (Å²) >= 11 is 0. The van der Waals surface area contributed by atoms with Crippen LogP contribution in [0.5, 0.6) is 0 Å². The predicted molar refractivity (Wildman–Crippen MR) is 73.4 cm³/mol. The average molecular weight is 267 g/mol. The maximum Gasteiger partial charge on any atom is 0.414 e. The van der Waals surface area contributed by atoms with Gasteiger partial charge in [0.05, 0.1) is 5.69 Å². The van der Waals surface area contributed by atoms with Crippen LogP contribution in [0.3, 0.4) is 0 Å². The number of rotatable bonds is 2. The van der Waals surface area contributed by atoms with Crippen molar-refractivity contribution in [2.45, 2.75) is 33.3 Å². The van der Waals surface area contributed by atoms with Gasteiger partial charge in [-0.15, -0.1) is 0 Å². The van der Waals surface area contributed by atoms with Gasteiger partial charge in [-0.1, -0.05) is 0 Å².